The van der Waals surface area contributed by atoms with E-state index in [0.717, 1.165) is 36.7 Å². The molecule has 1 N–H and O–H groups in total. The van der Waals surface area contributed by atoms with Crippen LogP contribution in [0, 0.1) is 0 Å². The zero-order valence-electron chi connectivity index (χ0n) is 14.6. The first kappa shape index (κ1) is 17.3. The average molecular weight is 340 g/mol. The number of nitrogens with one attached hydrogen (secondary N) is 1. The van der Waals surface area contributed by atoms with Crippen LogP contribution in [0.3, 0.4) is 0 Å². The van der Waals surface area contributed by atoms with Crippen molar-refractivity contribution >= 4 is 22.6 Å². The molecule has 0 aromatic heterocycles. The summed E-state index contributed by atoms with van der Waals surface area (Å²) < 4.78 is 5.64. The molecule has 132 valence electrons. The summed E-state index contributed by atoms with van der Waals surface area (Å²) >= 11 is 0. The van der Waals surface area contributed by atoms with Crippen LogP contribution in [0.2, 0.25) is 0 Å². The first-order chi connectivity index (χ1) is 12.2. The van der Waals surface area contributed by atoms with E-state index in [1.807, 2.05) is 48.2 Å². The molecule has 25 heavy (non-hydrogen) atoms. The molecule has 5 nitrogen and oxygen atoms in total. The fourth-order valence-corrected chi connectivity index (χ4v) is 3.17. The van der Waals surface area contributed by atoms with E-state index in [9.17, 15) is 9.59 Å². The van der Waals surface area contributed by atoms with Gasteiger partial charge in [0.1, 0.15) is 5.75 Å². The number of likely N-dealkylation sites (tertiary alicyclic amines) is 1. The maximum Gasteiger partial charge on any atom is 0.255 e. The average Bonchev–Trinajstić information content (AvgIpc) is 3.16. The molecule has 2 aromatic rings. The van der Waals surface area contributed by atoms with Gasteiger partial charge in [-0.15, -0.1) is 0 Å². The van der Waals surface area contributed by atoms with Crippen molar-refractivity contribution in [3.05, 3.63) is 42.0 Å². The van der Waals surface area contributed by atoms with Gasteiger partial charge in [0.2, 0.25) is 5.91 Å². The van der Waals surface area contributed by atoms with Gasteiger partial charge in [-0.2, -0.15) is 0 Å². The first-order valence-electron chi connectivity index (χ1n) is 8.90. The smallest absolute Gasteiger partial charge is 0.255 e. The van der Waals surface area contributed by atoms with Gasteiger partial charge in [-0.25, -0.2) is 0 Å². The fourth-order valence-electron chi connectivity index (χ4n) is 3.17. The summed E-state index contributed by atoms with van der Waals surface area (Å²) in [6.45, 7) is 4.40. The molecule has 3 rings (SSSR count). The van der Waals surface area contributed by atoms with E-state index < -0.39 is 0 Å². The molecule has 5 heteroatoms. The van der Waals surface area contributed by atoms with Crippen LogP contribution in [-0.4, -0.2) is 43.0 Å². The second-order valence-corrected chi connectivity index (χ2v) is 6.22. The molecule has 0 bridgehead atoms. The summed E-state index contributed by atoms with van der Waals surface area (Å²) in [6, 6.07) is 11.6. The lowest BCUT2D eigenvalue weighted by Gasteiger charge is -2.16. The van der Waals surface area contributed by atoms with Crippen molar-refractivity contribution in [3.8, 4) is 5.75 Å². The van der Waals surface area contributed by atoms with Crippen molar-refractivity contribution in [1.82, 2.24) is 10.2 Å². The van der Waals surface area contributed by atoms with Crippen molar-refractivity contribution in [3.63, 3.8) is 0 Å². The number of fused-ring (bicyclic) bond motifs is 1. The second kappa shape index (κ2) is 8.01. The van der Waals surface area contributed by atoms with Gasteiger partial charge >= 0.3 is 0 Å². The lowest BCUT2D eigenvalue weighted by Crippen LogP contribution is -2.32. The van der Waals surface area contributed by atoms with Crippen molar-refractivity contribution in [2.45, 2.75) is 26.2 Å². The second-order valence-electron chi connectivity index (χ2n) is 6.22. The van der Waals surface area contributed by atoms with Crippen LogP contribution < -0.4 is 10.1 Å². The molecule has 2 aromatic carbocycles. The van der Waals surface area contributed by atoms with Crippen LogP contribution in [0.25, 0.3) is 10.8 Å². The molecule has 1 saturated heterocycles. The minimum atomic E-state index is -0.205. The molecular formula is C20H24N2O3. The van der Waals surface area contributed by atoms with Crippen molar-refractivity contribution in [2.24, 2.45) is 0 Å². The zero-order chi connectivity index (χ0) is 17.6. The largest absolute Gasteiger partial charge is 0.493 e. The van der Waals surface area contributed by atoms with E-state index in [1.54, 1.807) is 0 Å². The maximum absolute atomic E-state index is 12.6. The van der Waals surface area contributed by atoms with Crippen molar-refractivity contribution < 1.29 is 14.3 Å². The highest BCUT2D eigenvalue weighted by Crippen LogP contribution is 2.26. The Morgan fingerprint density at radius 1 is 1.12 bits per heavy atom. The number of hydrogen-bond acceptors (Lipinski definition) is 3. The standard InChI is InChI=1S/C20H24N2O3/c1-2-25-18-14-16-8-4-3-7-15(16)13-17(18)20(24)21-10-9-19(23)22-11-5-6-12-22/h3-4,7-8,13-14H,2,5-6,9-12H2,1H3,(H,21,24). The maximum atomic E-state index is 12.6. The number of ether oxygens (including phenoxy) is 1. The third-order valence-electron chi connectivity index (χ3n) is 4.48. The summed E-state index contributed by atoms with van der Waals surface area (Å²) in [7, 11) is 0. The molecule has 1 aliphatic rings. The van der Waals surface area contributed by atoms with Crippen molar-refractivity contribution in [1.29, 1.82) is 0 Å². The van der Waals surface area contributed by atoms with E-state index in [4.69, 9.17) is 4.74 Å². The van der Waals surface area contributed by atoms with Crippen molar-refractivity contribution in [2.75, 3.05) is 26.2 Å². The molecule has 1 heterocycles. The number of hydrogen-bond donors (Lipinski definition) is 1. The van der Waals surface area contributed by atoms with Crippen LogP contribution >= 0.6 is 0 Å². The van der Waals surface area contributed by atoms with Gasteiger partial charge in [0, 0.05) is 26.1 Å². The topological polar surface area (TPSA) is 58.6 Å². The third kappa shape index (κ3) is 4.10. The zero-order valence-corrected chi connectivity index (χ0v) is 14.6. The monoisotopic (exact) mass is 340 g/mol. The van der Waals surface area contributed by atoms with Gasteiger partial charge in [0.25, 0.3) is 5.91 Å². The highest BCUT2D eigenvalue weighted by molar-refractivity contribution is 6.01. The molecule has 0 aliphatic carbocycles. The first-order valence-corrected chi connectivity index (χ1v) is 8.90. The van der Waals surface area contributed by atoms with Crippen LogP contribution in [0.1, 0.15) is 36.5 Å². The lowest BCUT2D eigenvalue weighted by atomic mass is 10.1. The molecule has 0 radical (unpaired) electrons. The number of amides is 2. The van der Waals surface area contributed by atoms with Gasteiger partial charge in [-0.1, -0.05) is 24.3 Å². The van der Waals surface area contributed by atoms with Gasteiger partial charge in [0.05, 0.1) is 12.2 Å². The fraction of sp³-hybridized carbons (Fsp3) is 0.400. The minimum Gasteiger partial charge on any atom is -0.493 e. The molecule has 0 spiro atoms. The van der Waals surface area contributed by atoms with E-state index in [1.165, 1.54) is 0 Å². The van der Waals surface area contributed by atoms with Gasteiger partial charge in [-0.3, -0.25) is 9.59 Å². The Balaban J connectivity index is 1.67. The van der Waals surface area contributed by atoms with E-state index in [-0.39, 0.29) is 11.8 Å². The highest BCUT2D eigenvalue weighted by Gasteiger charge is 2.18. The minimum absolute atomic E-state index is 0.112. The summed E-state index contributed by atoms with van der Waals surface area (Å²) in [5.41, 5.74) is 0.508. The third-order valence-corrected chi connectivity index (χ3v) is 4.48. The number of benzene rings is 2. The van der Waals surface area contributed by atoms with E-state index in [0.29, 0.717) is 30.9 Å². The Bertz CT molecular complexity index is 767. The Morgan fingerprint density at radius 2 is 1.80 bits per heavy atom. The molecule has 1 fully saturated rings. The molecule has 0 atom stereocenters. The quantitative estimate of drug-likeness (QED) is 0.879. The van der Waals surface area contributed by atoms with Crippen LogP contribution in [0.5, 0.6) is 5.75 Å². The van der Waals surface area contributed by atoms with Crippen LogP contribution in [0.15, 0.2) is 36.4 Å². The normalized spacial score (nSPS) is 13.9. The Morgan fingerprint density at radius 3 is 2.48 bits per heavy atom. The number of rotatable bonds is 6. The predicted octanol–water partition coefficient (Wildman–Crippen LogP) is 2.98. The molecule has 0 saturated carbocycles. The van der Waals surface area contributed by atoms with Crippen LogP contribution in [0.4, 0.5) is 0 Å². The molecule has 2 amide bonds. The number of carbonyl (C=O) groups is 2. The summed E-state index contributed by atoms with van der Waals surface area (Å²) in [5.74, 6) is 0.481. The van der Waals surface area contributed by atoms with Gasteiger partial charge in [0.15, 0.2) is 0 Å². The van der Waals surface area contributed by atoms with Gasteiger partial charge < -0.3 is 15.0 Å². The summed E-state index contributed by atoms with van der Waals surface area (Å²) in [4.78, 5) is 26.5. The Kier molecular flexibility index (Phi) is 5.53. The number of nitrogens with zero attached hydrogens (tertiary/aromatic N) is 1. The molecular weight excluding hydrogens is 316 g/mol. The van der Waals surface area contributed by atoms with E-state index >= 15 is 0 Å². The lowest BCUT2D eigenvalue weighted by molar-refractivity contribution is -0.129. The van der Waals surface area contributed by atoms with Gasteiger partial charge in [-0.05, 0) is 42.7 Å². The van der Waals surface area contributed by atoms with Crippen LogP contribution in [-0.2, 0) is 4.79 Å². The summed E-state index contributed by atoms with van der Waals surface area (Å²) in [5, 5.41) is 4.87. The Hall–Kier alpha value is -2.56. The molecule has 0 unspecified atom stereocenters. The molecule has 1 aliphatic heterocycles. The number of carbonyl (C=O) groups excluding carboxylic acids is 2. The highest BCUT2D eigenvalue weighted by atomic mass is 16.5. The SMILES string of the molecule is CCOc1cc2ccccc2cc1C(=O)NCCC(=O)N1CCCC1. The van der Waals surface area contributed by atoms with E-state index in [2.05, 4.69) is 5.32 Å². The predicted molar refractivity (Wildman–Crippen MR) is 97.9 cm³/mol. The summed E-state index contributed by atoms with van der Waals surface area (Å²) in [6.07, 6.45) is 2.49. The Labute approximate surface area is 148 Å².